The number of aldehydes is 1. The van der Waals surface area contributed by atoms with Crippen molar-refractivity contribution in [2.24, 2.45) is 0 Å². The van der Waals surface area contributed by atoms with E-state index >= 15 is 0 Å². The van der Waals surface area contributed by atoms with E-state index in [4.69, 9.17) is 0 Å². The van der Waals surface area contributed by atoms with Crippen LogP contribution in [0.3, 0.4) is 0 Å². The van der Waals surface area contributed by atoms with Gasteiger partial charge < -0.3 is 19.7 Å². The van der Waals surface area contributed by atoms with E-state index in [2.05, 4.69) is 39.0 Å². The Labute approximate surface area is 154 Å². The lowest BCUT2D eigenvalue weighted by molar-refractivity contribution is -0.109. The Kier molecular flexibility index (Phi) is 4.64. The quantitative estimate of drug-likeness (QED) is 0.859. The maximum absolute atomic E-state index is 11.2. The number of carbonyl (C=O) groups excluding carboxylic acids is 1. The molecule has 5 heteroatoms. The fraction of sp³-hybridized carbons (Fsp3) is 0.429. The first kappa shape index (κ1) is 17.0. The van der Waals surface area contributed by atoms with Gasteiger partial charge in [-0.05, 0) is 55.0 Å². The van der Waals surface area contributed by atoms with E-state index in [1.54, 1.807) is 0 Å². The molecule has 1 aromatic carbocycles. The number of nitrogens with zero attached hydrogens (tertiary/aromatic N) is 3. The summed E-state index contributed by atoms with van der Waals surface area (Å²) < 4.78 is 0. The number of aromatic nitrogens is 1. The fourth-order valence-electron chi connectivity index (χ4n) is 4.25. The molecule has 5 nitrogen and oxygen atoms in total. The van der Waals surface area contributed by atoms with Crippen molar-refractivity contribution in [1.82, 2.24) is 4.98 Å². The summed E-state index contributed by atoms with van der Waals surface area (Å²) in [6.45, 7) is 1.16. The number of aliphatic hydroxyl groups is 1. The van der Waals surface area contributed by atoms with E-state index in [0.717, 1.165) is 61.0 Å². The third-order valence-corrected chi connectivity index (χ3v) is 5.80. The summed E-state index contributed by atoms with van der Waals surface area (Å²) in [7, 11) is 1.99. The van der Waals surface area contributed by atoms with Crippen LogP contribution in [0.2, 0.25) is 0 Å². The van der Waals surface area contributed by atoms with Crippen LogP contribution in [-0.4, -0.2) is 48.7 Å². The van der Waals surface area contributed by atoms with Gasteiger partial charge in [-0.3, -0.25) is 4.98 Å². The zero-order valence-corrected chi connectivity index (χ0v) is 15.1. The van der Waals surface area contributed by atoms with Gasteiger partial charge in [-0.25, -0.2) is 0 Å². The molecule has 2 aliphatic rings. The number of anilines is 2. The molecule has 1 saturated heterocycles. The van der Waals surface area contributed by atoms with E-state index < -0.39 is 0 Å². The van der Waals surface area contributed by atoms with Crippen molar-refractivity contribution in [3.63, 3.8) is 0 Å². The first-order valence-corrected chi connectivity index (χ1v) is 9.35. The van der Waals surface area contributed by atoms with Gasteiger partial charge in [0.1, 0.15) is 6.29 Å². The normalized spacial score (nSPS) is 22.4. The molecule has 1 aromatic heterocycles. The van der Waals surface area contributed by atoms with Crippen LogP contribution >= 0.6 is 0 Å². The minimum absolute atomic E-state index is 0.0241. The van der Waals surface area contributed by atoms with Crippen molar-refractivity contribution in [2.75, 3.05) is 30.0 Å². The fourth-order valence-corrected chi connectivity index (χ4v) is 4.25. The molecule has 0 saturated carbocycles. The molecule has 1 fully saturated rings. The monoisotopic (exact) mass is 351 g/mol. The number of hydrogen-bond donors (Lipinski definition) is 1. The van der Waals surface area contributed by atoms with Crippen molar-refractivity contribution in [2.45, 2.75) is 37.8 Å². The number of aryl methyl sites for hydroxylation is 1. The number of pyridine rings is 1. The molecular formula is C21H25N3O2. The van der Waals surface area contributed by atoms with Crippen molar-refractivity contribution < 1.29 is 9.90 Å². The number of fused-ring (bicyclic) bond motifs is 1. The average molecular weight is 351 g/mol. The Balaban J connectivity index is 1.65. The highest BCUT2D eigenvalue weighted by Crippen LogP contribution is 2.34. The molecule has 0 amide bonds. The minimum Gasteiger partial charge on any atom is -0.394 e. The molecule has 2 aliphatic heterocycles. The Morgan fingerprint density at radius 1 is 1.23 bits per heavy atom. The summed E-state index contributed by atoms with van der Waals surface area (Å²) in [5.41, 5.74) is 5.74. The molecule has 3 heterocycles. The molecule has 2 aromatic rings. The highest BCUT2D eigenvalue weighted by atomic mass is 16.3. The lowest BCUT2D eigenvalue weighted by atomic mass is 9.93. The molecule has 4 rings (SSSR count). The largest absolute Gasteiger partial charge is 0.394 e. The smallest absolute Gasteiger partial charge is 0.142 e. The van der Waals surface area contributed by atoms with Crippen LogP contribution < -0.4 is 9.80 Å². The SMILES string of the molecule is CN1c2ccc(-c3cncc(N4CCCC4CO)c3)cc2CCC1C=O. The lowest BCUT2D eigenvalue weighted by Crippen LogP contribution is -2.37. The van der Waals surface area contributed by atoms with Gasteiger partial charge in [-0.1, -0.05) is 6.07 Å². The van der Waals surface area contributed by atoms with Crippen LogP contribution in [0.4, 0.5) is 11.4 Å². The first-order valence-electron chi connectivity index (χ1n) is 9.35. The van der Waals surface area contributed by atoms with E-state index in [-0.39, 0.29) is 18.7 Å². The number of carbonyl (C=O) groups is 1. The summed E-state index contributed by atoms with van der Waals surface area (Å²) in [6, 6.07) is 8.79. The molecule has 1 N–H and O–H groups in total. The van der Waals surface area contributed by atoms with E-state index in [1.807, 2.05) is 19.4 Å². The van der Waals surface area contributed by atoms with Gasteiger partial charge in [0.2, 0.25) is 0 Å². The van der Waals surface area contributed by atoms with Crippen molar-refractivity contribution in [3.05, 3.63) is 42.2 Å². The van der Waals surface area contributed by atoms with E-state index in [1.165, 1.54) is 5.56 Å². The maximum Gasteiger partial charge on any atom is 0.142 e. The molecule has 0 aliphatic carbocycles. The molecule has 0 radical (unpaired) electrons. The third-order valence-electron chi connectivity index (χ3n) is 5.80. The summed E-state index contributed by atoms with van der Waals surface area (Å²) in [6.07, 6.45) is 8.75. The summed E-state index contributed by atoms with van der Waals surface area (Å²) >= 11 is 0. The second-order valence-corrected chi connectivity index (χ2v) is 7.30. The standard InChI is InChI=1S/C21H25N3O2/c1-23-18(13-25)6-4-16-9-15(5-7-21(16)23)17-10-20(12-22-11-17)24-8-2-3-19(24)14-26/h5,7,9-13,18-19,26H,2-4,6,8,14H2,1H3. The molecule has 26 heavy (non-hydrogen) atoms. The maximum atomic E-state index is 11.2. The number of likely N-dealkylation sites (N-methyl/N-ethyl adjacent to an activating group) is 1. The molecule has 136 valence electrons. The van der Waals surface area contributed by atoms with Crippen LogP contribution in [-0.2, 0) is 11.2 Å². The summed E-state index contributed by atoms with van der Waals surface area (Å²) in [5, 5.41) is 9.59. The predicted molar refractivity (Wildman–Crippen MR) is 104 cm³/mol. The zero-order chi connectivity index (χ0) is 18.1. The molecule has 2 atom stereocenters. The molecule has 0 bridgehead atoms. The van der Waals surface area contributed by atoms with Gasteiger partial charge in [-0.2, -0.15) is 0 Å². The molecule has 2 unspecified atom stereocenters. The van der Waals surface area contributed by atoms with Crippen molar-refractivity contribution in [3.8, 4) is 11.1 Å². The Hall–Kier alpha value is -2.40. The number of aliphatic hydroxyl groups excluding tert-OH is 1. The van der Waals surface area contributed by atoms with Gasteiger partial charge in [0.05, 0.1) is 30.6 Å². The van der Waals surface area contributed by atoms with Crippen LogP contribution in [0.25, 0.3) is 11.1 Å². The highest BCUT2D eigenvalue weighted by Gasteiger charge is 2.25. The van der Waals surface area contributed by atoms with Gasteiger partial charge in [0.15, 0.2) is 0 Å². The second kappa shape index (κ2) is 7.08. The van der Waals surface area contributed by atoms with Gasteiger partial charge in [0.25, 0.3) is 0 Å². The van der Waals surface area contributed by atoms with Gasteiger partial charge in [0, 0.05) is 31.0 Å². The minimum atomic E-state index is -0.0241. The van der Waals surface area contributed by atoms with Crippen LogP contribution in [0.5, 0.6) is 0 Å². The summed E-state index contributed by atoms with van der Waals surface area (Å²) in [4.78, 5) is 20.0. The first-order chi connectivity index (χ1) is 12.7. The Bertz CT molecular complexity index is 808. The van der Waals surface area contributed by atoms with Crippen LogP contribution in [0.15, 0.2) is 36.7 Å². The van der Waals surface area contributed by atoms with E-state index in [9.17, 15) is 9.90 Å². The van der Waals surface area contributed by atoms with Crippen LogP contribution in [0.1, 0.15) is 24.8 Å². The number of hydrogen-bond acceptors (Lipinski definition) is 5. The third kappa shape index (κ3) is 2.97. The van der Waals surface area contributed by atoms with Crippen LogP contribution in [0, 0.1) is 0 Å². The second-order valence-electron chi connectivity index (χ2n) is 7.30. The van der Waals surface area contributed by atoms with Gasteiger partial charge in [-0.15, -0.1) is 0 Å². The number of rotatable bonds is 4. The molecule has 0 spiro atoms. The number of benzene rings is 1. The summed E-state index contributed by atoms with van der Waals surface area (Å²) in [5.74, 6) is 0. The van der Waals surface area contributed by atoms with Crippen molar-refractivity contribution in [1.29, 1.82) is 0 Å². The topological polar surface area (TPSA) is 56.7 Å². The molecular weight excluding hydrogens is 326 g/mol. The average Bonchev–Trinajstić information content (AvgIpc) is 3.17. The lowest BCUT2D eigenvalue weighted by Gasteiger charge is -2.33. The van der Waals surface area contributed by atoms with E-state index in [0.29, 0.717) is 0 Å². The Morgan fingerprint density at radius 2 is 2.12 bits per heavy atom. The van der Waals surface area contributed by atoms with Crippen molar-refractivity contribution >= 4 is 17.7 Å². The Morgan fingerprint density at radius 3 is 2.92 bits per heavy atom. The van der Waals surface area contributed by atoms with Gasteiger partial charge >= 0.3 is 0 Å². The zero-order valence-electron chi connectivity index (χ0n) is 15.1. The predicted octanol–water partition coefficient (Wildman–Crippen LogP) is 2.66. The highest BCUT2D eigenvalue weighted by molar-refractivity contribution is 5.75.